The first-order valence-electron chi connectivity index (χ1n) is 7.93. The Labute approximate surface area is 148 Å². The van der Waals surface area contributed by atoms with Crippen LogP contribution in [0.25, 0.3) is 0 Å². The summed E-state index contributed by atoms with van der Waals surface area (Å²) >= 11 is 0. The third-order valence-corrected chi connectivity index (χ3v) is 4.07. The minimum Gasteiger partial charge on any atom is -0.354 e. The standard InChI is InChI=1S/C15H32N4O.2ClH/c1-4-5-14(16)15(20)17-12-13-6-8-19(9-7-13)11-10-18(2)3;;/h13-14H,4-12,16H2,1-3H3,(H,17,20);2*1H. The maximum Gasteiger partial charge on any atom is 0.236 e. The number of carbonyl (C=O) groups excluding carboxylic acids is 1. The van der Waals surface area contributed by atoms with E-state index in [9.17, 15) is 4.79 Å². The normalized spacial score (nSPS) is 17.5. The number of piperidine rings is 1. The summed E-state index contributed by atoms with van der Waals surface area (Å²) in [6.07, 6.45) is 4.08. The van der Waals surface area contributed by atoms with E-state index in [1.165, 1.54) is 12.8 Å². The maximum atomic E-state index is 11.8. The summed E-state index contributed by atoms with van der Waals surface area (Å²) in [6.45, 7) is 7.40. The van der Waals surface area contributed by atoms with Crippen molar-refractivity contribution in [1.82, 2.24) is 15.1 Å². The zero-order valence-corrected chi connectivity index (χ0v) is 15.8. The predicted octanol–water partition coefficient (Wildman–Crippen LogP) is 1.35. The minimum atomic E-state index is -0.333. The Morgan fingerprint density at radius 3 is 2.41 bits per heavy atom. The van der Waals surface area contributed by atoms with E-state index in [2.05, 4.69) is 36.1 Å². The van der Waals surface area contributed by atoms with Crippen molar-refractivity contribution in [1.29, 1.82) is 0 Å². The molecule has 1 unspecified atom stereocenters. The van der Waals surface area contributed by atoms with Crippen LogP contribution in [-0.4, -0.2) is 68.6 Å². The zero-order chi connectivity index (χ0) is 15.0. The lowest BCUT2D eigenvalue weighted by atomic mass is 9.96. The van der Waals surface area contributed by atoms with Crippen molar-refractivity contribution in [3.63, 3.8) is 0 Å². The van der Waals surface area contributed by atoms with E-state index in [-0.39, 0.29) is 36.8 Å². The van der Waals surface area contributed by atoms with E-state index < -0.39 is 0 Å². The van der Waals surface area contributed by atoms with E-state index in [1.807, 2.05) is 0 Å². The van der Waals surface area contributed by atoms with E-state index in [1.54, 1.807) is 0 Å². The summed E-state index contributed by atoms with van der Waals surface area (Å²) in [6, 6.07) is -0.333. The van der Waals surface area contributed by atoms with Crippen molar-refractivity contribution >= 4 is 30.7 Å². The molecule has 22 heavy (non-hydrogen) atoms. The fourth-order valence-corrected chi connectivity index (χ4v) is 2.57. The Balaban J connectivity index is 0. The molecule has 0 aromatic heterocycles. The smallest absolute Gasteiger partial charge is 0.236 e. The number of halogens is 2. The average molecular weight is 357 g/mol. The maximum absolute atomic E-state index is 11.8. The van der Waals surface area contributed by atoms with Gasteiger partial charge in [0.05, 0.1) is 6.04 Å². The second-order valence-electron chi connectivity index (χ2n) is 6.23. The molecule has 0 radical (unpaired) electrons. The fraction of sp³-hybridized carbons (Fsp3) is 0.933. The zero-order valence-electron chi connectivity index (χ0n) is 14.2. The van der Waals surface area contributed by atoms with Gasteiger partial charge in [-0.1, -0.05) is 13.3 Å². The number of nitrogens with zero attached hydrogens (tertiary/aromatic N) is 2. The summed E-state index contributed by atoms with van der Waals surface area (Å²) in [4.78, 5) is 16.5. The van der Waals surface area contributed by atoms with Crippen LogP contribution in [0.3, 0.4) is 0 Å². The van der Waals surface area contributed by atoms with Crippen LogP contribution in [-0.2, 0) is 4.79 Å². The number of likely N-dealkylation sites (tertiary alicyclic amines) is 1. The molecule has 1 heterocycles. The number of likely N-dealkylation sites (N-methyl/N-ethyl adjacent to an activating group) is 1. The molecule has 0 spiro atoms. The van der Waals surface area contributed by atoms with Crippen LogP contribution in [0, 0.1) is 5.92 Å². The lowest BCUT2D eigenvalue weighted by molar-refractivity contribution is -0.122. The predicted molar refractivity (Wildman–Crippen MR) is 98.1 cm³/mol. The summed E-state index contributed by atoms with van der Waals surface area (Å²) in [5.74, 6) is 0.630. The van der Waals surface area contributed by atoms with Crippen molar-refractivity contribution in [2.24, 2.45) is 11.7 Å². The molecule has 0 aromatic rings. The van der Waals surface area contributed by atoms with E-state index in [4.69, 9.17) is 5.73 Å². The number of hydrogen-bond donors (Lipinski definition) is 2. The van der Waals surface area contributed by atoms with Crippen molar-refractivity contribution < 1.29 is 4.79 Å². The average Bonchev–Trinajstić information content (AvgIpc) is 2.43. The number of hydrogen-bond acceptors (Lipinski definition) is 4. The highest BCUT2D eigenvalue weighted by atomic mass is 35.5. The summed E-state index contributed by atoms with van der Waals surface area (Å²) < 4.78 is 0. The van der Waals surface area contributed by atoms with Gasteiger partial charge in [0.2, 0.25) is 5.91 Å². The SMILES string of the molecule is CCCC(N)C(=O)NCC1CCN(CCN(C)C)CC1.Cl.Cl. The Morgan fingerprint density at radius 2 is 1.91 bits per heavy atom. The highest BCUT2D eigenvalue weighted by molar-refractivity contribution is 5.85. The second-order valence-corrected chi connectivity index (χ2v) is 6.23. The molecule has 3 N–H and O–H groups in total. The molecule has 1 atom stereocenters. The van der Waals surface area contributed by atoms with Crippen LogP contribution < -0.4 is 11.1 Å². The number of carbonyl (C=O) groups is 1. The monoisotopic (exact) mass is 356 g/mol. The third-order valence-electron chi connectivity index (χ3n) is 4.07. The molecule has 0 bridgehead atoms. The molecule has 7 heteroatoms. The van der Waals surface area contributed by atoms with Crippen LogP contribution in [0.5, 0.6) is 0 Å². The van der Waals surface area contributed by atoms with Gasteiger partial charge in [0.15, 0.2) is 0 Å². The van der Waals surface area contributed by atoms with Crippen LogP contribution in [0.1, 0.15) is 32.6 Å². The number of nitrogens with two attached hydrogens (primary N) is 1. The van der Waals surface area contributed by atoms with Gasteiger partial charge in [-0.2, -0.15) is 0 Å². The molecule has 1 rings (SSSR count). The molecule has 1 aliphatic heterocycles. The molecule has 0 aromatic carbocycles. The van der Waals surface area contributed by atoms with Crippen molar-refractivity contribution in [3.05, 3.63) is 0 Å². The minimum absolute atomic E-state index is 0. The third kappa shape index (κ3) is 9.85. The largest absolute Gasteiger partial charge is 0.354 e. The molecular formula is C15H34Cl2N4O. The number of nitrogens with one attached hydrogen (secondary N) is 1. The summed E-state index contributed by atoms with van der Waals surface area (Å²) in [5.41, 5.74) is 5.81. The van der Waals surface area contributed by atoms with Crippen molar-refractivity contribution in [2.75, 3.05) is 46.8 Å². The Hall–Kier alpha value is -0.0700. The number of rotatable bonds is 8. The molecule has 1 amide bonds. The molecular weight excluding hydrogens is 323 g/mol. The van der Waals surface area contributed by atoms with Gasteiger partial charge >= 0.3 is 0 Å². The van der Waals surface area contributed by atoms with Gasteiger partial charge in [-0.25, -0.2) is 0 Å². The summed E-state index contributed by atoms with van der Waals surface area (Å²) in [5, 5.41) is 3.01. The van der Waals surface area contributed by atoms with Crippen molar-refractivity contribution in [2.45, 2.75) is 38.6 Å². The Morgan fingerprint density at radius 1 is 1.32 bits per heavy atom. The molecule has 1 aliphatic rings. The van der Waals surface area contributed by atoms with E-state index in [0.717, 1.165) is 45.6 Å². The highest BCUT2D eigenvalue weighted by Gasteiger charge is 2.20. The Bertz CT molecular complexity index is 285. The molecule has 1 saturated heterocycles. The first-order chi connectivity index (χ1) is 9.52. The second kappa shape index (κ2) is 13.4. The quantitative estimate of drug-likeness (QED) is 0.688. The molecule has 5 nitrogen and oxygen atoms in total. The fourth-order valence-electron chi connectivity index (χ4n) is 2.57. The number of amides is 1. The molecule has 1 fully saturated rings. The lowest BCUT2D eigenvalue weighted by Gasteiger charge is -2.32. The van der Waals surface area contributed by atoms with Gasteiger partial charge in [0.1, 0.15) is 0 Å². The van der Waals surface area contributed by atoms with Gasteiger partial charge < -0.3 is 20.9 Å². The topological polar surface area (TPSA) is 61.6 Å². The van der Waals surface area contributed by atoms with Crippen LogP contribution in [0.15, 0.2) is 0 Å². The lowest BCUT2D eigenvalue weighted by Crippen LogP contribution is -2.45. The van der Waals surface area contributed by atoms with Gasteiger partial charge in [-0.3, -0.25) is 4.79 Å². The van der Waals surface area contributed by atoms with Gasteiger partial charge in [0, 0.05) is 19.6 Å². The van der Waals surface area contributed by atoms with Crippen molar-refractivity contribution in [3.8, 4) is 0 Å². The van der Waals surface area contributed by atoms with Gasteiger partial charge in [-0.15, -0.1) is 24.8 Å². The first kappa shape index (κ1) is 24.2. The Kier molecular flexibility index (Phi) is 14.7. The van der Waals surface area contributed by atoms with Gasteiger partial charge in [0.25, 0.3) is 0 Å². The van der Waals surface area contributed by atoms with Gasteiger partial charge in [-0.05, 0) is 52.4 Å². The molecule has 0 aliphatic carbocycles. The van der Waals surface area contributed by atoms with E-state index >= 15 is 0 Å². The van der Waals surface area contributed by atoms with Crippen LogP contribution in [0.4, 0.5) is 0 Å². The van der Waals surface area contributed by atoms with E-state index in [0.29, 0.717) is 5.92 Å². The molecule has 0 saturated carbocycles. The highest BCUT2D eigenvalue weighted by Crippen LogP contribution is 2.16. The summed E-state index contributed by atoms with van der Waals surface area (Å²) in [7, 11) is 4.23. The van der Waals surface area contributed by atoms with Crippen LogP contribution in [0.2, 0.25) is 0 Å². The first-order valence-corrected chi connectivity index (χ1v) is 7.93. The molecule has 134 valence electrons. The van der Waals surface area contributed by atoms with Crippen LogP contribution >= 0.6 is 24.8 Å².